The first-order chi connectivity index (χ1) is 21.0. The van der Waals surface area contributed by atoms with E-state index in [-0.39, 0.29) is 12.2 Å². The summed E-state index contributed by atoms with van der Waals surface area (Å²) < 4.78 is -2.16. The molecule has 8 N–H and O–H groups in total. The predicted octanol–water partition coefficient (Wildman–Crippen LogP) is 1.67. The number of carbonyl (C=O) groups is 5. The summed E-state index contributed by atoms with van der Waals surface area (Å²) in [6.45, 7) is 7.96. The van der Waals surface area contributed by atoms with Crippen LogP contribution in [0.5, 0.6) is 5.75 Å². The number of carbonyl (C=O) groups excluding carboxylic acids is 4. The normalized spacial score (nSPS) is 23.7. The molecule has 0 aliphatic carbocycles. The second-order valence-electron chi connectivity index (χ2n) is 12.0. The lowest BCUT2D eigenvalue weighted by Gasteiger charge is -2.38. The Morgan fingerprint density at radius 3 is 2.16 bits per heavy atom. The fraction of sp³-hybridized carbons (Fsp3) is 0.452. The van der Waals surface area contributed by atoms with E-state index in [2.05, 4.69) is 21.3 Å². The molecule has 1 aliphatic heterocycles. The Bertz CT molecular complexity index is 1390. The Labute approximate surface area is 270 Å². The van der Waals surface area contributed by atoms with Crippen LogP contribution in [0.3, 0.4) is 0 Å². The minimum atomic E-state index is -1.36. The summed E-state index contributed by atoms with van der Waals surface area (Å²) >= 11 is 0. The van der Waals surface area contributed by atoms with Gasteiger partial charge < -0.3 is 37.2 Å². The van der Waals surface area contributed by atoms with E-state index in [9.17, 15) is 34.2 Å². The fourth-order valence-electron chi connectivity index (χ4n) is 4.67. The van der Waals surface area contributed by atoms with Crippen LogP contribution in [-0.4, -0.2) is 80.0 Å². The van der Waals surface area contributed by atoms with E-state index in [1.807, 2.05) is 0 Å². The van der Waals surface area contributed by atoms with Crippen LogP contribution in [0.15, 0.2) is 54.6 Å². The zero-order valence-corrected chi connectivity index (χ0v) is 27.5. The van der Waals surface area contributed by atoms with E-state index in [0.717, 1.165) is 16.4 Å². The van der Waals surface area contributed by atoms with Gasteiger partial charge in [0.15, 0.2) is 0 Å². The number of aromatic hydroxyl groups is 1. The third-order valence-electron chi connectivity index (χ3n) is 7.56. The van der Waals surface area contributed by atoms with E-state index in [1.165, 1.54) is 22.9 Å². The van der Waals surface area contributed by atoms with Gasteiger partial charge in [-0.25, -0.2) is 4.79 Å². The monoisotopic (exact) mass is 659 g/mol. The van der Waals surface area contributed by atoms with Gasteiger partial charge in [0.05, 0.1) is 17.3 Å². The molecular weight excluding hydrogens is 619 g/mol. The van der Waals surface area contributed by atoms with Crippen molar-refractivity contribution in [1.82, 2.24) is 21.3 Å². The van der Waals surface area contributed by atoms with Crippen molar-refractivity contribution in [2.24, 2.45) is 5.73 Å². The van der Waals surface area contributed by atoms with Crippen molar-refractivity contribution in [2.45, 2.75) is 80.6 Å². The van der Waals surface area contributed by atoms with Crippen molar-refractivity contribution in [3.63, 3.8) is 0 Å². The molecule has 1 heterocycles. The van der Waals surface area contributed by atoms with Gasteiger partial charge in [-0.05, 0) is 51.0 Å². The molecule has 2 aromatic carbocycles. The zero-order valence-electron chi connectivity index (χ0n) is 25.8. The van der Waals surface area contributed by atoms with Gasteiger partial charge in [0, 0.05) is 17.1 Å². The molecule has 0 radical (unpaired) electrons. The van der Waals surface area contributed by atoms with E-state index >= 15 is 0 Å². The molecule has 0 unspecified atom stereocenters. The average Bonchev–Trinajstić information content (AvgIpc) is 2.99. The lowest BCUT2D eigenvalue weighted by atomic mass is 9.92. The fourth-order valence-corrected chi connectivity index (χ4v) is 7.48. The van der Waals surface area contributed by atoms with Gasteiger partial charge in [0.1, 0.15) is 23.9 Å². The molecule has 2 aromatic rings. The van der Waals surface area contributed by atoms with Gasteiger partial charge in [-0.15, -0.1) is 0 Å². The van der Waals surface area contributed by atoms with Gasteiger partial charge in [-0.3, -0.25) is 19.2 Å². The van der Waals surface area contributed by atoms with Gasteiger partial charge >= 0.3 is 5.97 Å². The number of phenols is 1. The topological polar surface area (TPSA) is 200 Å². The van der Waals surface area contributed by atoms with E-state index in [4.69, 9.17) is 5.73 Å². The number of hydrogen-bond acceptors (Lipinski definition) is 9. The summed E-state index contributed by atoms with van der Waals surface area (Å²) in [5.41, 5.74) is 7.76. The second kappa shape index (κ2) is 15.0. The first kappa shape index (κ1) is 35.7. The molecule has 1 aliphatic rings. The van der Waals surface area contributed by atoms with Crippen LogP contribution in [0.4, 0.5) is 0 Å². The van der Waals surface area contributed by atoms with Crippen LogP contribution in [0.1, 0.15) is 51.7 Å². The smallest absolute Gasteiger partial charge is 0.327 e. The van der Waals surface area contributed by atoms with Crippen LogP contribution in [-0.2, 0) is 30.4 Å². The minimum absolute atomic E-state index is 0.0692. The molecule has 1 saturated heterocycles. The lowest BCUT2D eigenvalue weighted by Crippen LogP contribution is -2.62. The maximum Gasteiger partial charge on any atom is 0.327 e. The largest absolute Gasteiger partial charge is 0.508 e. The molecule has 4 amide bonds. The number of rotatable bonds is 7. The minimum Gasteiger partial charge on any atom is -0.508 e. The van der Waals surface area contributed by atoms with E-state index < -0.39 is 75.7 Å². The molecule has 1 fully saturated rings. The number of benzene rings is 2. The molecule has 244 valence electrons. The lowest BCUT2D eigenvalue weighted by molar-refractivity contribution is -0.143. The van der Waals surface area contributed by atoms with Crippen molar-refractivity contribution in [3.8, 4) is 5.75 Å². The number of amides is 4. The third kappa shape index (κ3) is 9.62. The van der Waals surface area contributed by atoms with Gasteiger partial charge in [-0.1, -0.05) is 71.0 Å². The number of nitrogens with two attached hydrogens (primary N) is 1. The SMILES string of the molecule is C[C@H](c1ccc(O)cc1)[C@@H](N)C(=O)N[C@H]1C(=O)NCC(=O)N[C@@H](Cc2ccccc2)C(=O)N[C@@H](C(=O)O)C(C)(C)SSC1(C)C. The summed E-state index contributed by atoms with van der Waals surface area (Å²) in [7, 11) is 2.32. The van der Waals surface area contributed by atoms with Crippen LogP contribution in [0, 0.1) is 0 Å². The van der Waals surface area contributed by atoms with Crippen molar-refractivity contribution in [2.75, 3.05) is 6.54 Å². The summed E-state index contributed by atoms with van der Waals surface area (Å²) in [6, 6.07) is 10.5. The Morgan fingerprint density at radius 1 is 0.956 bits per heavy atom. The molecule has 0 bridgehead atoms. The summed E-state index contributed by atoms with van der Waals surface area (Å²) in [5.74, 6) is -4.29. The standard InChI is InChI=1S/C31H41N5O7S2/c1-17(19-11-13-20(37)14-12-19)23(32)27(40)35-24-28(41)33-16-22(38)34-21(15-18-9-7-6-8-10-18)26(39)36-25(29(42)43)31(4,5)45-44-30(24,2)3/h6-14,17,21,23-25,37H,15-16,32H2,1-5H3,(H,33,41)(H,34,38)(H,35,40)(H,36,39)(H,42,43)/t17-,21+,23-,24+,25+/m1/s1. The molecule has 14 heteroatoms. The van der Waals surface area contributed by atoms with Crippen molar-refractivity contribution < 1.29 is 34.2 Å². The molecule has 12 nitrogen and oxygen atoms in total. The molecule has 45 heavy (non-hydrogen) atoms. The molecule has 5 atom stereocenters. The maximum atomic E-state index is 13.6. The number of aliphatic carboxylic acids is 1. The summed E-state index contributed by atoms with van der Waals surface area (Å²) in [6.07, 6.45) is 0.0871. The third-order valence-corrected chi connectivity index (χ3v) is 11.8. The highest BCUT2D eigenvalue weighted by Crippen LogP contribution is 2.46. The number of carboxylic acid groups (broad SMARTS) is 1. The number of carboxylic acids is 1. The highest BCUT2D eigenvalue weighted by Gasteiger charge is 2.44. The van der Waals surface area contributed by atoms with Crippen LogP contribution < -0.4 is 27.0 Å². The van der Waals surface area contributed by atoms with Gasteiger partial charge in [0.2, 0.25) is 23.6 Å². The van der Waals surface area contributed by atoms with Crippen LogP contribution in [0.25, 0.3) is 0 Å². The average molecular weight is 660 g/mol. The first-order valence-corrected chi connectivity index (χ1v) is 16.5. The van der Waals surface area contributed by atoms with Crippen LogP contribution in [0.2, 0.25) is 0 Å². The molecular formula is C31H41N5O7S2. The molecule has 0 saturated carbocycles. The number of hydrogen-bond donors (Lipinski definition) is 7. The molecule has 0 aromatic heterocycles. The number of phenolic OH excluding ortho intramolecular Hbond substituents is 1. The Balaban J connectivity index is 1.90. The molecule has 3 rings (SSSR count). The Kier molecular flexibility index (Phi) is 11.9. The quantitative estimate of drug-likeness (QED) is 0.215. The summed E-state index contributed by atoms with van der Waals surface area (Å²) in [4.78, 5) is 65.8. The van der Waals surface area contributed by atoms with Crippen LogP contribution >= 0.6 is 21.6 Å². The first-order valence-electron chi connectivity index (χ1n) is 14.4. The van der Waals surface area contributed by atoms with E-state index in [1.54, 1.807) is 77.1 Å². The predicted molar refractivity (Wildman–Crippen MR) is 174 cm³/mol. The van der Waals surface area contributed by atoms with Crippen molar-refractivity contribution in [3.05, 3.63) is 65.7 Å². The second-order valence-corrected chi connectivity index (χ2v) is 15.5. The highest BCUT2D eigenvalue weighted by atomic mass is 33.1. The highest BCUT2D eigenvalue weighted by molar-refractivity contribution is 8.77. The van der Waals surface area contributed by atoms with Crippen molar-refractivity contribution >= 4 is 51.2 Å². The Hall–Kier alpha value is -3.75. The zero-order chi connectivity index (χ0) is 33.5. The maximum absolute atomic E-state index is 13.6. The summed E-state index contributed by atoms with van der Waals surface area (Å²) in [5, 5.41) is 30.3. The molecule has 0 spiro atoms. The van der Waals surface area contributed by atoms with E-state index in [0.29, 0.717) is 5.56 Å². The van der Waals surface area contributed by atoms with Crippen molar-refractivity contribution in [1.29, 1.82) is 0 Å². The van der Waals surface area contributed by atoms with Gasteiger partial charge in [0.25, 0.3) is 0 Å². The van der Waals surface area contributed by atoms with Gasteiger partial charge in [-0.2, -0.15) is 0 Å². The Morgan fingerprint density at radius 2 is 1.56 bits per heavy atom. The number of nitrogens with one attached hydrogen (secondary N) is 4.